The van der Waals surface area contributed by atoms with E-state index in [1.54, 1.807) is 24.3 Å². The van der Waals surface area contributed by atoms with Gasteiger partial charge in [-0.25, -0.2) is 0 Å². The normalized spacial score (nSPS) is 15.8. The van der Waals surface area contributed by atoms with Gasteiger partial charge in [0, 0.05) is 30.8 Å². The number of rotatable bonds is 8. The fraction of sp³-hybridized carbons (Fsp3) is 0.400. The first-order chi connectivity index (χ1) is 17.8. The van der Waals surface area contributed by atoms with Gasteiger partial charge >= 0.3 is 12.4 Å². The summed E-state index contributed by atoms with van der Waals surface area (Å²) in [5.41, 5.74) is -3.59. The van der Waals surface area contributed by atoms with Crippen molar-refractivity contribution in [3.8, 4) is 5.75 Å². The Morgan fingerprint density at radius 1 is 0.895 bits per heavy atom. The molecule has 1 heterocycles. The van der Waals surface area contributed by atoms with Gasteiger partial charge in [-0.1, -0.05) is 0 Å². The third-order valence-electron chi connectivity index (χ3n) is 5.94. The highest BCUT2D eigenvalue weighted by Gasteiger charge is 2.40. The van der Waals surface area contributed by atoms with E-state index in [2.05, 4.69) is 10.6 Å². The Hall–Kier alpha value is -3.77. The van der Waals surface area contributed by atoms with Crippen LogP contribution in [0.25, 0.3) is 0 Å². The number of hydrogen-bond donors (Lipinski definition) is 2. The van der Waals surface area contributed by atoms with Gasteiger partial charge in [-0.15, -0.1) is 0 Å². The van der Waals surface area contributed by atoms with Crippen molar-refractivity contribution in [2.45, 2.75) is 37.7 Å². The first kappa shape index (κ1) is 28.8. The minimum absolute atomic E-state index is 0.00638. The van der Waals surface area contributed by atoms with E-state index in [1.807, 2.05) is 0 Å². The highest BCUT2D eigenvalue weighted by Crippen LogP contribution is 2.37. The highest BCUT2D eigenvalue weighted by molar-refractivity contribution is 5.98. The van der Waals surface area contributed by atoms with Crippen LogP contribution >= 0.6 is 0 Å². The monoisotopic (exact) mass is 545 g/mol. The van der Waals surface area contributed by atoms with Gasteiger partial charge in [0.05, 0.1) is 18.2 Å². The number of ether oxygens (including phenoxy) is 1. The van der Waals surface area contributed by atoms with Crippen molar-refractivity contribution in [1.29, 1.82) is 0 Å². The lowest BCUT2D eigenvalue weighted by Crippen LogP contribution is -2.46. The average Bonchev–Trinajstić information content (AvgIpc) is 3.36. The molecule has 3 amide bonds. The number of nitrogens with zero attached hydrogens (tertiary/aromatic N) is 1. The van der Waals surface area contributed by atoms with Crippen molar-refractivity contribution in [3.63, 3.8) is 0 Å². The zero-order chi connectivity index (χ0) is 28.1. The number of likely N-dealkylation sites (tertiary alicyclic amines) is 1. The molecule has 1 aliphatic heterocycles. The molecule has 0 radical (unpaired) electrons. The van der Waals surface area contributed by atoms with Crippen molar-refractivity contribution >= 4 is 17.7 Å². The van der Waals surface area contributed by atoms with Crippen LogP contribution in [0, 0.1) is 0 Å². The molecule has 1 fully saturated rings. The Bertz CT molecular complexity index is 1130. The van der Waals surface area contributed by atoms with Gasteiger partial charge < -0.3 is 20.3 Å². The number of carbonyl (C=O) groups is 3. The summed E-state index contributed by atoms with van der Waals surface area (Å²) in [4.78, 5) is 38.7. The van der Waals surface area contributed by atoms with Gasteiger partial charge in [0.15, 0.2) is 0 Å². The van der Waals surface area contributed by atoms with Crippen LogP contribution in [0.1, 0.15) is 51.1 Å². The second-order valence-electron chi connectivity index (χ2n) is 8.58. The van der Waals surface area contributed by atoms with E-state index in [0.717, 1.165) is 4.90 Å². The van der Waals surface area contributed by atoms with Crippen LogP contribution in [-0.2, 0) is 17.1 Å². The summed E-state index contributed by atoms with van der Waals surface area (Å²) in [5, 5.41) is 5.28. The molecule has 2 aromatic carbocycles. The predicted molar refractivity (Wildman–Crippen MR) is 123 cm³/mol. The van der Waals surface area contributed by atoms with Crippen LogP contribution < -0.4 is 15.4 Å². The van der Waals surface area contributed by atoms with E-state index >= 15 is 0 Å². The topological polar surface area (TPSA) is 87.7 Å². The number of methoxy groups -OCH3 is 1. The van der Waals surface area contributed by atoms with Gasteiger partial charge in [-0.2, -0.15) is 26.3 Å². The van der Waals surface area contributed by atoms with E-state index in [1.165, 1.54) is 7.11 Å². The van der Waals surface area contributed by atoms with Gasteiger partial charge in [-0.3, -0.25) is 14.4 Å². The first-order valence-corrected chi connectivity index (χ1v) is 11.6. The molecule has 1 atom stereocenters. The van der Waals surface area contributed by atoms with Gasteiger partial charge in [-0.05, 0) is 61.7 Å². The lowest BCUT2D eigenvalue weighted by Gasteiger charge is -2.25. The maximum Gasteiger partial charge on any atom is 0.416 e. The molecule has 3 rings (SSSR count). The van der Waals surface area contributed by atoms with Gasteiger partial charge in [0.1, 0.15) is 11.8 Å². The second kappa shape index (κ2) is 11.7. The number of amides is 3. The molecule has 1 saturated heterocycles. The van der Waals surface area contributed by atoms with Crippen molar-refractivity contribution in [1.82, 2.24) is 15.5 Å². The van der Waals surface area contributed by atoms with Crippen molar-refractivity contribution in [2.75, 3.05) is 26.7 Å². The molecule has 2 N–H and O–H groups in total. The number of nitrogens with one attached hydrogen (secondary N) is 2. The molecule has 7 nitrogen and oxygen atoms in total. The van der Waals surface area contributed by atoms with E-state index < -0.39 is 46.9 Å². The van der Waals surface area contributed by atoms with Crippen molar-refractivity contribution < 1.29 is 45.5 Å². The zero-order valence-electron chi connectivity index (χ0n) is 20.2. The lowest BCUT2D eigenvalue weighted by molar-refractivity contribution is -0.143. The van der Waals surface area contributed by atoms with E-state index in [0.29, 0.717) is 36.3 Å². The average molecular weight is 545 g/mol. The Morgan fingerprint density at radius 3 is 2.03 bits per heavy atom. The molecule has 0 aromatic heterocycles. The highest BCUT2D eigenvalue weighted by atomic mass is 19.4. The molecule has 0 unspecified atom stereocenters. The van der Waals surface area contributed by atoms with Crippen LogP contribution in [0.2, 0.25) is 0 Å². The van der Waals surface area contributed by atoms with Crippen LogP contribution in [0.5, 0.6) is 5.75 Å². The Balaban J connectivity index is 1.57. The molecule has 0 spiro atoms. The van der Waals surface area contributed by atoms with Gasteiger partial charge in [0.2, 0.25) is 5.91 Å². The van der Waals surface area contributed by atoms with E-state index in [-0.39, 0.29) is 38.0 Å². The Morgan fingerprint density at radius 2 is 1.47 bits per heavy atom. The van der Waals surface area contributed by atoms with Crippen LogP contribution in [-0.4, -0.2) is 55.4 Å². The number of benzene rings is 2. The number of carbonyl (C=O) groups excluding carboxylic acids is 3. The predicted octanol–water partition coefficient (Wildman–Crippen LogP) is 4.27. The second-order valence-corrected chi connectivity index (χ2v) is 8.58. The molecule has 0 bridgehead atoms. The first-order valence-electron chi connectivity index (χ1n) is 11.6. The Kier molecular flexibility index (Phi) is 8.89. The van der Waals surface area contributed by atoms with Gasteiger partial charge in [0.25, 0.3) is 11.8 Å². The molecular weight excluding hydrogens is 520 g/mol. The minimum Gasteiger partial charge on any atom is -0.497 e. The molecule has 0 aliphatic carbocycles. The number of alkyl halides is 6. The third-order valence-corrected chi connectivity index (χ3v) is 5.94. The summed E-state index contributed by atoms with van der Waals surface area (Å²) < 4.78 is 84.1. The Labute approximate surface area is 214 Å². The summed E-state index contributed by atoms with van der Waals surface area (Å²) in [6.07, 6.45) is -9.29. The smallest absolute Gasteiger partial charge is 0.416 e. The molecule has 0 saturated carbocycles. The molecule has 2 aromatic rings. The van der Waals surface area contributed by atoms with Crippen LogP contribution in [0.4, 0.5) is 26.3 Å². The molecule has 13 heteroatoms. The summed E-state index contributed by atoms with van der Waals surface area (Å²) >= 11 is 0. The number of halogens is 6. The zero-order valence-corrected chi connectivity index (χ0v) is 20.2. The molecule has 1 aliphatic rings. The minimum atomic E-state index is -5.10. The fourth-order valence-electron chi connectivity index (χ4n) is 3.99. The van der Waals surface area contributed by atoms with Crippen LogP contribution in [0.3, 0.4) is 0 Å². The summed E-state index contributed by atoms with van der Waals surface area (Å²) in [6.45, 7) is 0.359. The lowest BCUT2D eigenvalue weighted by atomic mass is 10.0. The molecule has 38 heavy (non-hydrogen) atoms. The largest absolute Gasteiger partial charge is 0.497 e. The van der Waals surface area contributed by atoms with Crippen molar-refractivity contribution in [2.24, 2.45) is 0 Å². The van der Waals surface area contributed by atoms with E-state index in [9.17, 15) is 40.7 Å². The molecule has 206 valence electrons. The third kappa shape index (κ3) is 7.17. The van der Waals surface area contributed by atoms with Crippen molar-refractivity contribution in [3.05, 3.63) is 64.7 Å². The quantitative estimate of drug-likeness (QED) is 0.383. The summed E-state index contributed by atoms with van der Waals surface area (Å²) in [6, 6.07) is 6.05. The number of hydrogen-bond acceptors (Lipinski definition) is 4. The maximum atomic E-state index is 13.2. The SMILES string of the molecule is COc1ccc(C(=O)NCCCNC(=O)[C@@H]2CCCN2C(=O)c2cc(C(F)(F)F)cc(C(F)(F)F)c2)cc1. The standard InChI is InChI=1S/C25H25F6N3O4/c1-38-19-7-5-15(6-8-19)21(35)32-9-3-10-33-22(36)20-4-2-11-34(20)23(37)16-12-17(24(26,27)28)14-18(13-16)25(29,30)31/h5-8,12-14,20H,2-4,9-11H2,1H3,(H,32,35)(H,33,36)/t20-/m0/s1. The van der Waals surface area contributed by atoms with E-state index in [4.69, 9.17) is 4.74 Å². The molecular formula is C25H25F6N3O4. The summed E-state index contributed by atoms with van der Waals surface area (Å²) in [7, 11) is 1.50. The maximum absolute atomic E-state index is 13.2. The van der Waals surface area contributed by atoms with Crippen LogP contribution in [0.15, 0.2) is 42.5 Å². The summed E-state index contributed by atoms with van der Waals surface area (Å²) in [5.74, 6) is -1.41. The fourth-order valence-corrected chi connectivity index (χ4v) is 3.99.